The highest BCUT2D eigenvalue weighted by molar-refractivity contribution is 5.69. The SMILES string of the molecule is C[C@H]1CN(C)CCCN1c1nc(C#N)cc(N2CC3(CCN(C(=O)OC(C)(C)C)C3)C2)n1. The predicted molar refractivity (Wildman–Crippen MR) is 123 cm³/mol. The first-order valence-electron chi connectivity index (χ1n) is 11.5. The van der Waals surface area contributed by atoms with Gasteiger partial charge in [0.1, 0.15) is 23.2 Å². The van der Waals surface area contributed by atoms with Crippen LogP contribution in [0.15, 0.2) is 6.07 Å². The Balaban J connectivity index is 1.45. The lowest BCUT2D eigenvalue weighted by atomic mass is 9.79. The Morgan fingerprint density at radius 2 is 1.97 bits per heavy atom. The van der Waals surface area contributed by atoms with Crippen LogP contribution >= 0.6 is 0 Å². The topological polar surface area (TPSA) is 88.8 Å². The van der Waals surface area contributed by atoms with Crippen molar-refractivity contribution in [3.05, 3.63) is 11.8 Å². The molecule has 9 heteroatoms. The molecule has 4 rings (SSSR count). The van der Waals surface area contributed by atoms with E-state index in [0.717, 1.165) is 57.9 Å². The molecule has 0 radical (unpaired) electrons. The number of hydrogen-bond acceptors (Lipinski definition) is 8. The van der Waals surface area contributed by atoms with Gasteiger partial charge in [-0.05, 0) is 54.1 Å². The summed E-state index contributed by atoms with van der Waals surface area (Å²) in [5.74, 6) is 1.45. The molecule has 32 heavy (non-hydrogen) atoms. The van der Waals surface area contributed by atoms with Crippen LogP contribution in [0.4, 0.5) is 16.6 Å². The predicted octanol–water partition coefficient (Wildman–Crippen LogP) is 2.33. The van der Waals surface area contributed by atoms with Crippen molar-refractivity contribution in [3.8, 4) is 6.07 Å². The van der Waals surface area contributed by atoms with Crippen molar-refractivity contribution in [1.29, 1.82) is 5.26 Å². The van der Waals surface area contributed by atoms with E-state index in [0.29, 0.717) is 18.2 Å². The molecule has 0 unspecified atom stereocenters. The molecule has 1 spiro atoms. The molecule has 3 aliphatic rings. The summed E-state index contributed by atoms with van der Waals surface area (Å²) in [6.45, 7) is 13.8. The van der Waals surface area contributed by atoms with Crippen molar-refractivity contribution >= 4 is 17.9 Å². The van der Waals surface area contributed by atoms with Gasteiger partial charge in [-0.2, -0.15) is 10.2 Å². The number of likely N-dealkylation sites (tertiary alicyclic amines) is 1. The molecule has 0 bridgehead atoms. The van der Waals surface area contributed by atoms with E-state index in [4.69, 9.17) is 9.72 Å². The first-order chi connectivity index (χ1) is 15.1. The standard InChI is InChI=1S/C23H35N7O2/c1-17-13-27(5)8-6-9-30(17)20-25-18(12-24)11-19(26-20)29-15-23(16-29)7-10-28(14-23)21(31)32-22(2,3)4/h11,17H,6-10,13-16H2,1-5H3/t17-/m0/s1. The van der Waals surface area contributed by atoms with Crippen LogP contribution in [-0.4, -0.2) is 90.4 Å². The summed E-state index contributed by atoms with van der Waals surface area (Å²) >= 11 is 0. The largest absolute Gasteiger partial charge is 0.444 e. The van der Waals surface area contributed by atoms with Crippen LogP contribution < -0.4 is 9.80 Å². The highest BCUT2D eigenvalue weighted by atomic mass is 16.6. The van der Waals surface area contributed by atoms with E-state index in [1.807, 2.05) is 25.7 Å². The number of ether oxygens (including phenoxy) is 1. The van der Waals surface area contributed by atoms with Gasteiger partial charge in [-0.25, -0.2) is 9.78 Å². The fraction of sp³-hybridized carbons (Fsp3) is 0.739. The van der Waals surface area contributed by atoms with Crippen molar-refractivity contribution in [2.75, 3.05) is 62.7 Å². The maximum atomic E-state index is 12.4. The summed E-state index contributed by atoms with van der Waals surface area (Å²) in [7, 11) is 2.14. The number of nitriles is 1. The second-order valence-corrected chi connectivity index (χ2v) is 10.7. The second-order valence-electron chi connectivity index (χ2n) is 10.7. The summed E-state index contributed by atoms with van der Waals surface area (Å²) in [6.07, 6.45) is 1.77. The highest BCUT2D eigenvalue weighted by Crippen LogP contribution is 2.42. The Kier molecular flexibility index (Phi) is 5.93. The Labute approximate surface area is 190 Å². The first kappa shape index (κ1) is 22.6. The van der Waals surface area contributed by atoms with Crippen LogP contribution in [-0.2, 0) is 4.74 Å². The molecule has 3 aliphatic heterocycles. The normalized spacial score (nSPS) is 23.6. The number of nitrogens with zero attached hydrogens (tertiary/aromatic N) is 7. The molecule has 1 aromatic heterocycles. The molecular formula is C23H35N7O2. The number of amides is 1. The zero-order valence-corrected chi connectivity index (χ0v) is 20.0. The Bertz CT molecular complexity index is 901. The Morgan fingerprint density at radius 1 is 1.22 bits per heavy atom. The van der Waals surface area contributed by atoms with E-state index >= 15 is 0 Å². The molecule has 1 atom stereocenters. The number of rotatable bonds is 2. The third kappa shape index (κ3) is 4.75. The minimum absolute atomic E-state index is 0.0768. The van der Waals surface area contributed by atoms with E-state index in [2.05, 4.69) is 39.7 Å². The van der Waals surface area contributed by atoms with Crippen LogP contribution in [0.25, 0.3) is 0 Å². The molecule has 9 nitrogen and oxygen atoms in total. The molecule has 0 N–H and O–H groups in total. The molecule has 0 aromatic carbocycles. The summed E-state index contributed by atoms with van der Waals surface area (Å²) in [5, 5.41) is 9.57. The lowest BCUT2D eigenvalue weighted by molar-refractivity contribution is 0.0265. The monoisotopic (exact) mass is 441 g/mol. The molecule has 174 valence electrons. The van der Waals surface area contributed by atoms with Gasteiger partial charge in [-0.1, -0.05) is 0 Å². The van der Waals surface area contributed by atoms with E-state index in [1.54, 1.807) is 6.07 Å². The molecule has 3 saturated heterocycles. The summed E-state index contributed by atoms with van der Waals surface area (Å²) < 4.78 is 5.54. The van der Waals surface area contributed by atoms with Gasteiger partial charge in [0.05, 0.1) is 0 Å². The van der Waals surface area contributed by atoms with Crippen LogP contribution in [0.3, 0.4) is 0 Å². The van der Waals surface area contributed by atoms with Crippen LogP contribution in [0, 0.1) is 16.7 Å². The molecule has 1 amide bonds. The maximum Gasteiger partial charge on any atom is 0.410 e. The van der Waals surface area contributed by atoms with Gasteiger partial charge in [-0.15, -0.1) is 0 Å². The molecule has 3 fully saturated rings. The average Bonchev–Trinajstić information content (AvgIpc) is 3.07. The molecule has 4 heterocycles. The zero-order valence-electron chi connectivity index (χ0n) is 20.0. The van der Waals surface area contributed by atoms with E-state index in [1.165, 1.54) is 0 Å². The molecule has 0 saturated carbocycles. The second kappa shape index (κ2) is 8.39. The van der Waals surface area contributed by atoms with Gasteiger partial charge >= 0.3 is 6.09 Å². The van der Waals surface area contributed by atoms with Gasteiger partial charge in [0, 0.05) is 56.8 Å². The molecular weight excluding hydrogens is 406 g/mol. The molecule has 1 aromatic rings. The lowest BCUT2D eigenvalue weighted by Crippen LogP contribution is -2.58. The quantitative estimate of drug-likeness (QED) is 0.691. The fourth-order valence-electron chi connectivity index (χ4n) is 5.04. The Morgan fingerprint density at radius 3 is 2.66 bits per heavy atom. The van der Waals surface area contributed by atoms with Crippen LogP contribution in [0.2, 0.25) is 0 Å². The number of likely N-dealkylation sites (N-methyl/N-ethyl adjacent to an activating group) is 1. The van der Waals surface area contributed by atoms with Crippen molar-refractivity contribution < 1.29 is 9.53 Å². The smallest absolute Gasteiger partial charge is 0.410 e. The van der Waals surface area contributed by atoms with E-state index in [-0.39, 0.29) is 17.6 Å². The first-order valence-corrected chi connectivity index (χ1v) is 11.5. The lowest BCUT2D eigenvalue weighted by Gasteiger charge is -2.48. The van der Waals surface area contributed by atoms with Gasteiger partial charge in [0.25, 0.3) is 0 Å². The number of aromatic nitrogens is 2. The summed E-state index contributed by atoms with van der Waals surface area (Å²) in [5.41, 5.74) is -0.00599. The third-order valence-electron chi connectivity index (χ3n) is 6.59. The van der Waals surface area contributed by atoms with Crippen molar-refractivity contribution in [1.82, 2.24) is 19.8 Å². The van der Waals surface area contributed by atoms with Gasteiger partial charge < -0.3 is 24.3 Å². The number of carbonyl (C=O) groups is 1. The third-order valence-corrected chi connectivity index (χ3v) is 6.59. The summed E-state index contributed by atoms with van der Waals surface area (Å²) in [6, 6.07) is 4.27. The van der Waals surface area contributed by atoms with Gasteiger partial charge in [0.2, 0.25) is 5.95 Å². The minimum atomic E-state index is -0.483. The van der Waals surface area contributed by atoms with E-state index in [9.17, 15) is 10.1 Å². The minimum Gasteiger partial charge on any atom is -0.444 e. The number of carbonyl (C=O) groups excluding carboxylic acids is 1. The molecule has 0 aliphatic carbocycles. The van der Waals surface area contributed by atoms with Crippen molar-refractivity contribution in [2.24, 2.45) is 5.41 Å². The van der Waals surface area contributed by atoms with Crippen LogP contribution in [0.1, 0.15) is 46.2 Å². The Hall–Kier alpha value is -2.60. The van der Waals surface area contributed by atoms with Crippen molar-refractivity contribution in [2.45, 2.75) is 52.2 Å². The fourth-order valence-corrected chi connectivity index (χ4v) is 5.04. The maximum absolute atomic E-state index is 12.4. The zero-order chi connectivity index (χ0) is 23.1. The number of anilines is 2. The van der Waals surface area contributed by atoms with Crippen molar-refractivity contribution in [3.63, 3.8) is 0 Å². The highest BCUT2D eigenvalue weighted by Gasteiger charge is 2.50. The van der Waals surface area contributed by atoms with Gasteiger partial charge in [-0.3, -0.25) is 0 Å². The summed E-state index contributed by atoms with van der Waals surface area (Å²) in [4.78, 5) is 30.4. The van der Waals surface area contributed by atoms with Gasteiger partial charge in [0.15, 0.2) is 0 Å². The number of hydrogen-bond donors (Lipinski definition) is 0. The average molecular weight is 442 g/mol. The van der Waals surface area contributed by atoms with E-state index < -0.39 is 5.60 Å². The van der Waals surface area contributed by atoms with Crippen LogP contribution in [0.5, 0.6) is 0 Å².